The fourth-order valence-electron chi connectivity index (χ4n) is 2.24. The Hall–Kier alpha value is -2.87. The van der Waals surface area contributed by atoms with Gasteiger partial charge in [0.25, 0.3) is 5.69 Å². The van der Waals surface area contributed by atoms with Crippen LogP contribution >= 0.6 is 0 Å². The first-order valence-corrected chi connectivity index (χ1v) is 7.09. The fourth-order valence-corrected chi connectivity index (χ4v) is 2.24. The Balaban J connectivity index is 2.03. The lowest BCUT2D eigenvalue weighted by Crippen LogP contribution is -2.17. The maximum atomic E-state index is 11.1. The van der Waals surface area contributed by atoms with Crippen molar-refractivity contribution in [3.63, 3.8) is 0 Å². The average Bonchev–Trinajstić information content (AvgIpc) is 2.54. The van der Waals surface area contributed by atoms with E-state index < -0.39 is 4.92 Å². The smallest absolute Gasteiger partial charge is 0.293 e. The number of nitriles is 1. The van der Waals surface area contributed by atoms with Crippen LogP contribution in [0.4, 0.5) is 11.4 Å². The Morgan fingerprint density at radius 3 is 2.64 bits per heavy atom. The molecule has 1 N–H and O–H groups in total. The van der Waals surface area contributed by atoms with E-state index in [1.54, 1.807) is 12.1 Å². The first-order chi connectivity index (χ1) is 10.6. The second-order valence-electron chi connectivity index (χ2n) is 5.17. The first-order valence-electron chi connectivity index (χ1n) is 7.09. The van der Waals surface area contributed by atoms with E-state index in [1.165, 1.54) is 11.6 Å². The quantitative estimate of drug-likeness (QED) is 0.647. The molecule has 5 nitrogen and oxygen atoms in total. The third-order valence-electron chi connectivity index (χ3n) is 3.43. The Kier molecular flexibility index (Phi) is 5.10. The molecule has 1 atom stereocenters. The van der Waals surface area contributed by atoms with Crippen molar-refractivity contribution >= 4 is 11.4 Å². The van der Waals surface area contributed by atoms with Crippen LogP contribution < -0.4 is 5.32 Å². The highest BCUT2D eigenvalue weighted by atomic mass is 16.6. The van der Waals surface area contributed by atoms with Crippen molar-refractivity contribution < 1.29 is 4.92 Å². The Bertz CT molecular complexity index is 693. The Morgan fingerprint density at radius 1 is 1.27 bits per heavy atom. The molecule has 0 radical (unpaired) electrons. The van der Waals surface area contributed by atoms with Crippen molar-refractivity contribution in [1.29, 1.82) is 5.26 Å². The highest BCUT2D eigenvalue weighted by molar-refractivity contribution is 5.64. The van der Waals surface area contributed by atoms with Crippen LogP contribution in [-0.4, -0.2) is 11.0 Å². The molecule has 5 heteroatoms. The van der Waals surface area contributed by atoms with Crippen molar-refractivity contribution in [3.8, 4) is 6.07 Å². The number of hydrogen-bond donors (Lipinski definition) is 1. The van der Waals surface area contributed by atoms with Gasteiger partial charge in [0.15, 0.2) is 0 Å². The average molecular weight is 295 g/mol. The van der Waals surface area contributed by atoms with Gasteiger partial charge in [0, 0.05) is 12.1 Å². The van der Waals surface area contributed by atoms with Gasteiger partial charge in [-0.25, -0.2) is 0 Å². The predicted octanol–water partition coefficient (Wildman–Crippen LogP) is 3.90. The van der Waals surface area contributed by atoms with Crippen molar-refractivity contribution in [1.82, 2.24) is 0 Å². The molecular weight excluding hydrogens is 278 g/mol. The summed E-state index contributed by atoms with van der Waals surface area (Å²) in [6.45, 7) is 1.99. The molecule has 0 spiro atoms. The molecule has 1 unspecified atom stereocenters. The number of anilines is 1. The van der Waals surface area contributed by atoms with Gasteiger partial charge in [0.2, 0.25) is 0 Å². The minimum absolute atomic E-state index is 0.0642. The minimum atomic E-state index is -0.465. The molecular formula is C17H17N3O2. The zero-order chi connectivity index (χ0) is 15.9. The number of benzene rings is 2. The molecule has 0 aromatic heterocycles. The van der Waals surface area contributed by atoms with Gasteiger partial charge < -0.3 is 5.32 Å². The van der Waals surface area contributed by atoms with Crippen molar-refractivity contribution in [2.24, 2.45) is 0 Å². The van der Waals surface area contributed by atoms with Crippen molar-refractivity contribution in [2.75, 3.05) is 5.32 Å². The van der Waals surface area contributed by atoms with E-state index in [4.69, 9.17) is 5.26 Å². The number of rotatable bonds is 6. The Labute approximate surface area is 129 Å². The van der Waals surface area contributed by atoms with Gasteiger partial charge in [-0.3, -0.25) is 10.1 Å². The van der Waals surface area contributed by atoms with E-state index in [-0.39, 0.29) is 17.3 Å². The monoisotopic (exact) mass is 295 g/mol. The van der Waals surface area contributed by atoms with Crippen LogP contribution in [-0.2, 0) is 6.42 Å². The van der Waals surface area contributed by atoms with Gasteiger partial charge in [0.1, 0.15) is 5.69 Å². The summed E-state index contributed by atoms with van der Waals surface area (Å²) in [7, 11) is 0. The summed E-state index contributed by atoms with van der Waals surface area (Å²) in [5, 5.41) is 23.1. The van der Waals surface area contributed by atoms with E-state index in [0.29, 0.717) is 5.69 Å². The number of hydrogen-bond acceptors (Lipinski definition) is 4. The lowest BCUT2D eigenvalue weighted by molar-refractivity contribution is -0.384. The minimum Gasteiger partial charge on any atom is -0.377 e. The van der Waals surface area contributed by atoms with Gasteiger partial charge in [-0.2, -0.15) is 5.26 Å². The summed E-state index contributed by atoms with van der Waals surface area (Å²) in [5.74, 6) is 0. The van der Waals surface area contributed by atoms with Gasteiger partial charge in [-0.15, -0.1) is 0 Å². The van der Waals surface area contributed by atoms with Gasteiger partial charge in [0.05, 0.1) is 16.6 Å². The molecule has 2 aromatic carbocycles. The SMILES string of the molecule is CC(CCc1ccccc1)Nc1ccc(C#N)cc1[N+](=O)[O-]. The van der Waals surface area contributed by atoms with Gasteiger partial charge in [-0.1, -0.05) is 30.3 Å². The van der Waals surface area contributed by atoms with Gasteiger partial charge in [-0.05, 0) is 37.5 Å². The van der Waals surface area contributed by atoms with Crippen LogP contribution in [0.25, 0.3) is 0 Å². The van der Waals surface area contributed by atoms with Crippen LogP contribution in [0.3, 0.4) is 0 Å². The number of nitro benzene ring substituents is 1. The summed E-state index contributed by atoms with van der Waals surface area (Å²) in [6, 6.07) is 16.6. The topological polar surface area (TPSA) is 79.0 Å². The second-order valence-corrected chi connectivity index (χ2v) is 5.17. The molecule has 0 aliphatic rings. The van der Waals surface area contributed by atoms with Crippen molar-refractivity contribution in [3.05, 3.63) is 69.8 Å². The normalized spacial score (nSPS) is 11.5. The molecule has 2 aromatic rings. The molecule has 22 heavy (non-hydrogen) atoms. The highest BCUT2D eigenvalue weighted by Crippen LogP contribution is 2.26. The molecule has 2 rings (SSSR count). The zero-order valence-corrected chi connectivity index (χ0v) is 12.3. The van der Waals surface area contributed by atoms with Crippen LogP contribution in [0.2, 0.25) is 0 Å². The van der Waals surface area contributed by atoms with E-state index in [9.17, 15) is 10.1 Å². The molecule has 0 saturated heterocycles. The van der Waals surface area contributed by atoms with Crippen molar-refractivity contribution in [2.45, 2.75) is 25.8 Å². The molecule has 0 fully saturated rings. The summed E-state index contributed by atoms with van der Waals surface area (Å²) in [6.07, 6.45) is 1.76. The highest BCUT2D eigenvalue weighted by Gasteiger charge is 2.16. The Morgan fingerprint density at radius 2 is 2.00 bits per heavy atom. The number of nitro groups is 1. The van der Waals surface area contributed by atoms with Crippen LogP contribution in [0, 0.1) is 21.4 Å². The standard InChI is InChI=1S/C17H17N3O2/c1-13(7-8-14-5-3-2-4-6-14)19-16-10-9-15(12-18)11-17(16)20(21)22/h2-6,9-11,13,19H,7-8H2,1H3. The summed E-state index contributed by atoms with van der Waals surface area (Å²) in [5.41, 5.74) is 1.91. The van der Waals surface area contributed by atoms with E-state index in [1.807, 2.05) is 31.2 Å². The number of aryl methyl sites for hydroxylation is 1. The number of nitrogens with zero attached hydrogens (tertiary/aromatic N) is 2. The molecule has 112 valence electrons. The van der Waals surface area contributed by atoms with E-state index in [0.717, 1.165) is 12.8 Å². The number of nitrogens with one attached hydrogen (secondary N) is 1. The summed E-state index contributed by atoms with van der Waals surface area (Å²) in [4.78, 5) is 10.6. The van der Waals surface area contributed by atoms with E-state index >= 15 is 0 Å². The molecule has 0 saturated carbocycles. The summed E-state index contributed by atoms with van der Waals surface area (Å²) >= 11 is 0. The van der Waals surface area contributed by atoms with Crippen LogP contribution in [0.15, 0.2) is 48.5 Å². The molecule has 0 amide bonds. The maximum Gasteiger partial charge on any atom is 0.293 e. The van der Waals surface area contributed by atoms with Crippen LogP contribution in [0.5, 0.6) is 0 Å². The lowest BCUT2D eigenvalue weighted by Gasteiger charge is -2.15. The largest absolute Gasteiger partial charge is 0.377 e. The second kappa shape index (κ2) is 7.23. The predicted molar refractivity (Wildman–Crippen MR) is 85.7 cm³/mol. The molecule has 0 aliphatic carbocycles. The summed E-state index contributed by atoms with van der Waals surface area (Å²) < 4.78 is 0. The van der Waals surface area contributed by atoms with E-state index in [2.05, 4.69) is 17.4 Å². The third kappa shape index (κ3) is 4.06. The fraction of sp³-hybridized carbons (Fsp3) is 0.235. The first kappa shape index (κ1) is 15.5. The lowest BCUT2D eigenvalue weighted by atomic mass is 10.1. The maximum absolute atomic E-state index is 11.1. The third-order valence-corrected chi connectivity index (χ3v) is 3.43. The van der Waals surface area contributed by atoms with Crippen LogP contribution in [0.1, 0.15) is 24.5 Å². The zero-order valence-electron chi connectivity index (χ0n) is 12.3. The molecule has 0 bridgehead atoms. The molecule has 0 aliphatic heterocycles. The van der Waals surface area contributed by atoms with Gasteiger partial charge >= 0.3 is 0 Å². The molecule has 0 heterocycles.